The molecule has 0 aliphatic rings. The van der Waals surface area contributed by atoms with Crippen molar-refractivity contribution in [1.29, 1.82) is 0 Å². The minimum absolute atomic E-state index is 0.222. The van der Waals surface area contributed by atoms with Gasteiger partial charge in [0.25, 0.3) is 0 Å². The minimum atomic E-state index is -0.245. The van der Waals surface area contributed by atoms with Gasteiger partial charge in [-0.2, -0.15) is 0 Å². The van der Waals surface area contributed by atoms with Crippen molar-refractivity contribution in [2.75, 3.05) is 19.0 Å². The van der Waals surface area contributed by atoms with Crippen LogP contribution in [0.3, 0.4) is 0 Å². The van der Waals surface area contributed by atoms with Crippen LogP contribution < -0.4 is 5.32 Å². The molecule has 14 heavy (non-hydrogen) atoms. The predicted octanol–water partition coefficient (Wildman–Crippen LogP) is 1.65. The Hall–Kier alpha value is -0.810. The first kappa shape index (κ1) is 11.3. The van der Waals surface area contributed by atoms with Crippen molar-refractivity contribution < 1.29 is 9.15 Å². The van der Waals surface area contributed by atoms with E-state index < -0.39 is 0 Å². The van der Waals surface area contributed by atoms with Crippen molar-refractivity contribution in [3.8, 4) is 0 Å². The van der Waals surface area contributed by atoms with Crippen LogP contribution in [0.25, 0.3) is 0 Å². The Morgan fingerprint density at radius 3 is 2.71 bits per heavy atom. The zero-order valence-corrected chi connectivity index (χ0v) is 9.26. The molecule has 6 heteroatoms. The van der Waals surface area contributed by atoms with Crippen LogP contribution in [-0.4, -0.2) is 29.5 Å². The van der Waals surface area contributed by atoms with Gasteiger partial charge in [-0.25, -0.2) is 0 Å². The summed E-state index contributed by atoms with van der Waals surface area (Å²) in [4.78, 5) is 0. The average Bonchev–Trinajstić information content (AvgIpc) is 2.51. The standard InChI is InChI=1S/C8H14ClN3O2/c1-8(2,5-13-3)10-7-12-11-6(4-9)14-7/h4-5H2,1-3H3,(H,10,12). The number of aromatic nitrogens is 2. The summed E-state index contributed by atoms with van der Waals surface area (Å²) < 4.78 is 10.2. The van der Waals surface area contributed by atoms with E-state index in [1.54, 1.807) is 7.11 Å². The van der Waals surface area contributed by atoms with E-state index in [4.69, 9.17) is 20.8 Å². The van der Waals surface area contributed by atoms with Crippen molar-refractivity contribution in [3.05, 3.63) is 5.89 Å². The average molecular weight is 220 g/mol. The van der Waals surface area contributed by atoms with E-state index in [1.807, 2.05) is 13.8 Å². The normalized spacial score (nSPS) is 11.7. The number of ether oxygens (including phenoxy) is 1. The molecule has 1 aromatic rings. The molecule has 0 saturated heterocycles. The smallest absolute Gasteiger partial charge is 0.316 e. The summed E-state index contributed by atoms with van der Waals surface area (Å²) in [6.45, 7) is 4.49. The molecule has 1 rings (SSSR count). The highest BCUT2D eigenvalue weighted by Crippen LogP contribution is 2.14. The molecule has 1 heterocycles. The van der Waals surface area contributed by atoms with Gasteiger partial charge in [-0.15, -0.1) is 16.7 Å². The molecular formula is C8H14ClN3O2. The lowest BCUT2D eigenvalue weighted by atomic mass is 10.1. The van der Waals surface area contributed by atoms with Gasteiger partial charge in [-0.05, 0) is 13.8 Å². The molecule has 80 valence electrons. The van der Waals surface area contributed by atoms with Crippen LogP contribution in [0.5, 0.6) is 0 Å². The molecule has 0 amide bonds. The number of hydrogen-bond donors (Lipinski definition) is 1. The van der Waals surface area contributed by atoms with E-state index >= 15 is 0 Å². The Morgan fingerprint density at radius 2 is 2.21 bits per heavy atom. The molecule has 0 radical (unpaired) electrons. The van der Waals surface area contributed by atoms with Crippen LogP contribution in [0.4, 0.5) is 6.01 Å². The molecule has 0 saturated carbocycles. The highest BCUT2D eigenvalue weighted by molar-refractivity contribution is 6.16. The molecule has 0 aromatic carbocycles. The molecule has 1 N–H and O–H groups in total. The van der Waals surface area contributed by atoms with Gasteiger partial charge in [0, 0.05) is 7.11 Å². The SMILES string of the molecule is COCC(C)(C)Nc1nnc(CCl)o1. The van der Waals surface area contributed by atoms with Gasteiger partial charge < -0.3 is 14.5 Å². The van der Waals surface area contributed by atoms with Crippen molar-refractivity contribution in [2.24, 2.45) is 0 Å². The summed E-state index contributed by atoms with van der Waals surface area (Å²) in [7, 11) is 1.64. The molecule has 0 aliphatic carbocycles. The highest BCUT2D eigenvalue weighted by Gasteiger charge is 2.19. The van der Waals surface area contributed by atoms with Gasteiger partial charge in [0.15, 0.2) is 0 Å². The van der Waals surface area contributed by atoms with E-state index in [2.05, 4.69) is 15.5 Å². The van der Waals surface area contributed by atoms with Crippen molar-refractivity contribution >= 4 is 17.6 Å². The van der Waals surface area contributed by atoms with Gasteiger partial charge in [-0.3, -0.25) is 0 Å². The van der Waals surface area contributed by atoms with Crippen molar-refractivity contribution in [3.63, 3.8) is 0 Å². The second-order valence-corrected chi connectivity index (χ2v) is 3.84. The quantitative estimate of drug-likeness (QED) is 0.763. The van der Waals surface area contributed by atoms with Crippen molar-refractivity contribution in [1.82, 2.24) is 10.2 Å². The number of nitrogens with one attached hydrogen (secondary N) is 1. The lowest BCUT2D eigenvalue weighted by Gasteiger charge is -2.23. The Bertz CT molecular complexity index is 288. The van der Waals surface area contributed by atoms with E-state index in [-0.39, 0.29) is 11.4 Å². The minimum Gasteiger partial charge on any atom is -0.407 e. The summed E-state index contributed by atoms with van der Waals surface area (Å²) in [5.74, 6) is 0.627. The van der Waals surface area contributed by atoms with Crippen LogP contribution in [0.15, 0.2) is 4.42 Å². The first-order valence-corrected chi connectivity index (χ1v) is 4.76. The Balaban J connectivity index is 2.58. The topological polar surface area (TPSA) is 60.2 Å². The first-order chi connectivity index (χ1) is 6.57. The lowest BCUT2D eigenvalue weighted by Crippen LogP contribution is -2.35. The second-order valence-electron chi connectivity index (χ2n) is 3.58. The van der Waals surface area contributed by atoms with Crippen LogP contribution >= 0.6 is 11.6 Å². The molecule has 0 unspecified atom stereocenters. The fourth-order valence-electron chi connectivity index (χ4n) is 1.04. The van der Waals surface area contributed by atoms with E-state index in [9.17, 15) is 0 Å². The maximum absolute atomic E-state index is 5.52. The summed E-state index contributed by atoms with van der Waals surface area (Å²) in [6.07, 6.45) is 0. The maximum Gasteiger partial charge on any atom is 0.316 e. The van der Waals surface area contributed by atoms with Gasteiger partial charge >= 0.3 is 6.01 Å². The number of halogens is 1. The van der Waals surface area contributed by atoms with Gasteiger partial charge in [0.05, 0.1) is 12.1 Å². The van der Waals surface area contributed by atoms with Gasteiger partial charge in [-0.1, -0.05) is 5.10 Å². The fourth-order valence-corrected chi connectivity index (χ4v) is 1.15. The lowest BCUT2D eigenvalue weighted by molar-refractivity contribution is 0.156. The predicted molar refractivity (Wildman–Crippen MR) is 53.4 cm³/mol. The number of rotatable bonds is 5. The van der Waals surface area contributed by atoms with Gasteiger partial charge in [0.2, 0.25) is 5.89 Å². The Labute approximate surface area is 87.8 Å². The summed E-state index contributed by atoms with van der Waals surface area (Å²) in [5, 5.41) is 10.6. The summed E-state index contributed by atoms with van der Waals surface area (Å²) >= 11 is 5.52. The van der Waals surface area contributed by atoms with E-state index in [0.29, 0.717) is 18.5 Å². The fraction of sp³-hybridized carbons (Fsp3) is 0.750. The third-order valence-corrected chi connectivity index (χ3v) is 1.76. The number of methoxy groups -OCH3 is 1. The number of alkyl halides is 1. The third-order valence-electron chi connectivity index (χ3n) is 1.53. The molecule has 0 atom stereocenters. The van der Waals surface area contributed by atoms with Crippen LogP contribution in [0, 0.1) is 0 Å². The van der Waals surface area contributed by atoms with Crippen LogP contribution in [0.1, 0.15) is 19.7 Å². The van der Waals surface area contributed by atoms with Crippen molar-refractivity contribution in [2.45, 2.75) is 25.3 Å². The number of hydrogen-bond acceptors (Lipinski definition) is 5. The number of anilines is 1. The van der Waals surface area contributed by atoms with Crippen LogP contribution in [0.2, 0.25) is 0 Å². The molecule has 1 aromatic heterocycles. The second kappa shape index (κ2) is 4.61. The zero-order chi connectivity index (χ0) is 10.6. The van der Waals surface area contributed by atoms with Crippen LogP contribution in [-0.2, 0) is 10.6 Å². The van der Waals surface area contributed by atoms with E-state index in [0.717, 1.165) is 0 Å². The number of nitrogens with zero attached hydrogens (tertiary/aromatic N) is 2. The highest BCUT2D eigenvalue weighted by atomic mass is 35.5. The maximum atomic E-state index is 5.52. The Kier molecular flexibility index (Phi) is 3.71. The summed E-state index contributed by atoms with van der Waals surface area (Å²) in [5.41, 5.74) is -0.245. The zero-order valence-electron chi connectivity index (χ0n) is 8.50. The molecule has 0 fully saturated rings. The molecule has 0 spiro atoms. The molecular weight excluding hydrogens is 206 g/mol. The molecule has 0 bridgehead atoms. The summed E-state index contributed by atoms with van der Waals surface area (Å²) in [6, 6.07) is 0.364. The van der Waals surface area contributed by atoms with E-state index in [1.165, 1.54) is 0 Å². The molecule has 0 aliphatic heterocycles. The monoisotopic (exact) mass is 219 g/mol. The van der Waals surface area contributed by atoms with Gasteiger partial charge in [0.1, 0.15) is 5.88 Å². The largest absolute Gasteiger partial charge is 0.407 e. The Morgan fingerprint density at radius 1 is 1.50 bits per heavy atom. The molecule has 5 nitrogen and oxygen atoms in total. The first-order valence-electron chi connectivity index (χ1n) is 4.23. The third kappa shape index (κ3) is 3.16.